The van der Waals surface area contributed by atoms with E-state index in [0.717, 1.165) is 15.8 Å². The maximum absolute atomic E-state index is 6.01. The number of hydrogen-bond acceptors (Lipinski definition) is 2. The molecular formula is C10H8ClNS. The van der Waals surface area contributed by atoms with E-state index in [-0.39, 0.29) is 0 Å². The van der Waals surface area contributed by atoms with E-state index < -0.39 is 0 Å². The maximum atomic E-state index is 6.01. The smallest absolute Gasteiger partial charge is 0.104 e. The Hall–Kier alpha value is -0.730. The second kappa shape index (κ2) is 3.56. The molecule has 0 saturated carbocycles. The third kappa shape index (κ3) is 1.52. The molecule has 0 aliphatic heterocycles. The molecule has 0 spiro atoms. The van der Waals surface area contributed by atoms with Crippen LogP contribution in [0.4, 0.5) is 0 Å². The molecule has 1 aromatic heterocycles. The van der Waals surface area contributed by atoms with Gasteiger partial charge in [0.05, 0.1) is 5.02 Å². The van der Waals surface area contributed by atoms with Gasteiger partial charge in [-0.2, -0.15) is 0 Å². The molecule has 66 valence electrons. The lowest BCUT2D eigenvalue weighted by molar-refractivity contribution is 1.18. The first-order valence-electron chi connectivity index (χ1n) is 3.90. The number of thioether (sulfide) groups is 1. The van der Waals surface area contributed by atoms with E-state index in [0.29, 0.717) is 5.02 Å². The predicted molar refractivity (Wildman–Crippen MR) is 58.5 cm³/mol. The molecule has 3 heteroatoms. The van der Waals surface area contributed by atoms with Crippen molar-refractivity contribution in [3.63, 3.8) is 0 Å². The van der Waals surface area contributed by atoms with Crippen molar-refractivity contribution in [1.29, 1.82) is 0 Å². The summed E-state index contributed by atoms with van der Waals surface area (Å²) < 4.78 is 0. The highest BCUT2D eigenvalue weighted by Gasteiger charge is 2.03. The molecule has 0 N–H and O–H groups in total. The monoisotopic (exact) mass is 209 g/mol. The summed E-state index contributed by atoms with van der Waals surface area (Å²) in [5.41, 5.74) is 0. The van der Waals surface area contributed by atoms with Crippen LogP contribution in [0.15, 0.2) is 35.5 Å². The fourth-order valence-electron chi connectivity index (χ4n) is 1.29. The van der Waals surface area contributed by atoms with Crippen molar-refractivity contribution in [3.8, 4) is 0 Å². The van der Waals surface area contributed by atoms with Crippen LogP contribution in [0.3, 0.4) is 0 Å². The molecule has 2 rings (SSSR count). The summed E-state index contributed by atoms with van der Waals surface area (Å²) in [4.78, 5) is 4.26. The van der Waals surface area contributed by atoms with Gasteiger partial charge in [0.2, 0.25) is 0 Å². The number of halogens is 1. The third-order valence-electron chi connectivity index (χ3n) is 1.90. The topological polar surface area (TPSA) is 12.9 Å². The quantitative estimate of drug-likeness (QED) is 0.666. The standard InChI is InChI=1S/C10H8ClNS/c1-13-10-8-5-3-2-4-7(8)9(11)6-12-10/h2-6H,1H3. The number of nitrogens with zero attached hydrogens (tertiary/aromatic N) is 1. The van der Waals surface area contributed by atoms with Gasteiger partial charge in [-0.25, -0.2) is 4.98 Å². The number of fused-ring (bicyclic) bond motifs is 1. The fourth-order valence-corrected chi connectivity index (χ4v) is 2.06. The van der Waals surface area contributed by atoms with E-state index in [2.05, 4.69) is 4.98 Å². The molecule has 1 aromatic carbocycles. The van der Waals surface area contributed by atoms with Crippen molar-refractivity contribution in [3.05, 3.63) is 35.5 Å². The van der Waals surface area contributed by atoms with E-state index in [1.54, 1.807) is 18.0 Å². The minimum atomic E-state index is 0.716. The Bertz CT molecular complexity index is 442. The Kier molecular flexibility index (Phi) is 2.42. The molecular weight excluding hydrogens is 202 g/mol. The van der Waals surface area contributed by atoms with E-state index in [1.807, 2.05) is 30.5 Å². The SMILES string of the molecule is CSc1ncc(Cl)c2ccccc12. The number of aromatic nitrogens is 1. The van der Waals surface area contributed by atoms with Gasteiger partial charge in [-0.3, -0.25) is 0 Å². The highest BCUT2D eigenvalue weighted by atomic mass is 35.5. The Morgan fingerprint density at radius 3 is 2.62 bits per heavy atom. The largest absolute Gasteiger partial charge is 0.248 e. The van der Waals surface area contributed by atoms with Crippen molar-refractivity contribution in [1.82, 2.24) is 4.98 Å². The summed E-state index contributed by atoms with van der Waals surface area (Å²) in [5, 5.41) is 3.94. The zero-order valence-electron chi connectivity index (χ0n) is 7.12. The average Bonchev–Trinajstić information content (AvgIpc) is 2.19. The highest BCUT2D eigenvalue weighted by molar-refractivity contribution is 7.98. The normalized spacial score (nSPS) is 10.6. The van der Waals surface area contributed by atoms with E-state index >= 15 is 0 Å². The Morgan fingerprint density at radius 2 is 1.92 bits per heavy atom. The number of rotatable bonds is 1. The first-order chi connectivity index (χ1) is 6.33. The van der Waals surface area contributed by atoms with Crippen molar-refractivity contribution < 1.29 is 0 Å². The molecule has 0 aliphatic rings. The Morgan fingerprint density at radius 1 is 1.23 bits per heavy atom. The fraction of sp³-hybridized carbons (Fsp3) is 0.100. The van der Waals surface area contributed by atoms with Crippen LogP contribution in [-0.2, 0) is 0 Å². The van der Waals surface area contributed by atoms with Crippen LogP contribution in [0, 0.1) is 0 Å². The van der Waals surface area contributed by atoms with Crippen molar-refractivity contribution in [2.24, 2.45) is 0 Å². The molecule has 0 saturated heterocycles. The molecule has 0 atom stereocenters. The zero-order valence-corrected chi connectivity index (χ0v) is 8.69. The van der Waals surface area contributed by atoms with Gasteiger partial charge in [-0.05, 0) is 6.26 Å². The third-order valence-corrected chi connectivity index (χ3v) is 2.92. The number of hydrogen-bond donors (Lipinski definition) is 0. The minimum absolute atomic E-state index is 0.716. The molecule has 1 nitrogen and oxygen atoms in total. The van der Waals surface area contributed by atoms with Crippen LogP contribution in [0.1, 0.15) is 0 Å². The van der Waals surface area contributed by atoms with Gasteiger partial charge < -0.3 is 0 Å². The Balaban J connectivity index is 2.84. The van der Waals surface area contributed by atoms with Gasteiger partial charge in [0.1, 0.15) is 5.03 Å². The summed E-state index contributed by atoms with van der Waals surface area (Å²) in [5.74, 6) is 0. The summed E-state index contributed by atoms with van der Waals surface area (Å²) in [6.07, 6.45) is 3.72. The molecule has 0 fully saturated rings. The molecule has 0 unspecified atom stereocenters. The predicted octanol–water partition coefficient (Wildman–Crippen LogP) is 3.61. The first-order valence-corrected chi connectivity index (χ1v) is 5.50. The second-order valence-corrected chi connectivity index (χ2v) is 3.86. The summed E-state index contributed by atoms with van der Waals surface area (Å²) in [6, 6.07) is 8.04. The second-order valence-electron chi connectivity index (χ2n) is 2.66. The van der Waals surface area contributed by atoms with Crippen LogP contribution in [0.5, 0.6) is 0 Å². The maximum Gasteiger partial charge on any atom is 0.104 e. The minimum Gasteiger partial charge on any atom is -0.248 e. The average molecular weight is 210 g/mol. The van der Waals surface area contributed by atoms with E-state index in [1.165, 1.54) is 0 Å². The van der Waals surface area contributed by atoms with Gasteiger partial charge in [-0.1, -0.05) is 35.9 Å². The summed E-state index contributed by atoms with van der Waals surface area (Å²) in [7, 11) is 0. The molecule has 13 heavy (non-hydrogen) atoms. The van der Waals surface area contributed by atoms with Gasteiger partial charge in [0, 0.05) is 17.0 Å². The molecule has 0 amide bonds. The lowest BCUT2D eigenvalue weighted by atomic mass is 10.2. The van der Waals surface area contributed by atoms with Gasteiger partial charge >= 0.3 is 0 Å². The van der Waals surface area contributed by atoms with E-state index in [9.17, 15) is 0 Å². The lowest BCUT2D eigenvalue weighted by Crippen LogP contribution is -1.82. The molecule has 1 heterocycles. The van der Waals surface area contributed by atoms with Crippen LogP contribution < -0.4 is 0 Å². The molecule has 2 aromatic rings. The first kappa shape index (κ1) is 8.85. The Labute approximate surface area is 86.1 Å². The zero-order chi connectivity index (χ0) is 9.26. The summed E-state index contributed by atoms with van der Waals surface area (Å²) in [6.45, 7) is 0. The van der Waals surface area contributed by atoms with Crippen LogP contribution in [-0.4, -0.2) is 11.2 Å². The molecule has 0 bridgehead atoms. The van der Waals surface area contributed by atoms with E-state index in [4.69, 9.17) is 11.6 Å². The van der Waals surface area contributed by atoms with Crippen molar-refractivity contribution >= 4 is 34.1 Å². The van der Waals surface area contributed by atoms with Crippen LogP contribution in [0.25, 0.3) is 10.8 Å². The lowest BCUT2D eigenvalue weighted by Gasteiger charge is -2.03. The van der Waals surface area contributed by atoms with Gasteiger partial charge in [0.25, 0.3) is 0 Å². The van der Waals surface area contributed by atoms with Crippen molar-refractivity contribution in [2.45, 2.75) is 5.03 Å². The summed E-state index contributed by atoms with van der Waals surface area (Å²) >= 11 is 7.65. The molecule has 0 radical (unpaired) electrons. The van der Waals surface area contributed by atoms with Crippen LogP contribution >= 0.6 is 23.4 Å². The van der Waals surface area contributed by atoms with Gasteiger partial charge in [0.15, 0.2) is 0 Å². The van der Waals surface area contributed by atoms with Gasteiger partial charge in [-0.15, -0.1) is 11.8 Å². The molecule has 0 aliphatic carbocycles. The van der Waals surface area contributed by atoms with Crippen LogP contribution in [0.2, 0.25) is 5.02 Å². The highest BCUT2D eigenvalue weighted by Crippen LogP contribution is 2.28. The number of benzene rings is 1. The number of pyridine rings is 1. The van der Waals surface area contributed by atoms with Crippen molar-refractivity contribution in [2.75, 3.05) is 6.26 Å².